The van der Waals surface area contributed by atoms with E-state index >= 15 is 0 Å². The summed E-state index contributed by atoms with van der Waals surface area (Å²) in [6, 6.07) is 1.82. The molecule has 14 heavy (non-hydrogen) atoms. The highest BCUT2D eigenvalue weighted by atomic mass is 19.3. The van der Waals surface area contributed by atoms with Crippen LogP contribution in [0.5, 0.6) is 0 Å². The molecule has 0 radical (unpaired) electrons. The van der Waals surface area contributed by atoms with Gasteiger partial charge >= 0.3 is 0 Å². The van der Waals surface area contributed by atoms with E-state index in [1.807, 2.05) is 6.07 Å². The summed E-state index contributed by atoms with van der Waals surface area (Å²) in [5.74, 6) is -0.570. The molecule has 4 nitrogen and oxygen atoms in total. The van der Waals surface area contributed by atoms with Gasteiger partial charge in [0.2, 0.25) is 5.91 Å². The minimum absolute atomic E-state index is 0.458. The lowest BCUT2D eigenvalue weighted by molar-refractivity contribution is -0.125. The molecule has 78 valence electrons. The molecule has 1 rings (SSSR count). The Kier molecular flexibility index (Phi) is 3.01. The van der Waals surface area contributed by atoms with Crippen LogP contribution in [0.2, 0.25) is 0 Å². The monoisotopic (exact) mass is 204 g/mol. The van der Waals surface area contributed by atoms with E-state index in [4.69, 9.17) is 10.4 Å². The maximum absolute atomic E-state index is 11.8. The summed E-state index contributed by atoms with van der Waals surface area (Å²) in [4.78, 5) is 11.2. The fraction of sp³-hybridized carbons (Fsp3) is 0.750. The van der Waals surface area contributed by atoms with Crippen LogP contribution in [-0.4, -0.2) is 30.1 Å². The van der Waals surface area contributed by atoms with Gasteiger partial charge < -0.3 is 10.4 Å². The summed E-state index contributed by atoms with van der Waals surface area (Å²) in [6.07, 6.45) is -3.83. The second kappa shape index (κ2) is 3.88. The predicted molar refractivity (Wildman–Crippen MR) is 42.3 cm³/mol. The van der Waals surface area contributed by atoms with Crippen molar-refractivity contribution < 1.29 is 18.7 Å². The average Bonchev–Trinajstić information content (AvgIpc) is 2.93. The number of rotatable bonds is 4. The largest absolute Gasteiger partial charge is 0.385 e. The second-order valence-corrected chi connectivity index (χ2v) is 3.31. The Morgan fingerprint density at radius 2 is 2.21 bits per heavy atom. The Labute approximate surface area is 79.5 Å². The van der Waals surface area contributed by atoms with Crippen LogP contribution in [0.15, 0.2) is 0 Å². The minimum atomic E-state index is -2.88. The highest BCUT2D eigenvalue weighted by Gasteiger charge is 2.50. The number of carbonyl (C=O) groups is 1. The van der Waals surface area contributed by atoms with Gasteiger partial charge in [-0.25, -0.2) is 8.78 Å². The van der Waals surface area contributed by atoms with Gasteiger partial charge in [-0.15, -0.1) is 0 Å². The standard InChI is InChI=1S/C8H10F2N2O2/c9-6(10)5(13)3-12-7(14)8(4-11)1-2-8/h5-6,13H,1-3H2,(H,12,14). The number of hydrogen-bond acceptors (Lipinski definition) is 3. The van der Waals surface area contributed by atoms with E-state index in [1.165, 1.54) is 0 Å². The molecule has 6 heteroatoms. The molecule has 1 aliphatic carbocycles. The molecule has 0 aliphatic heterocycles. The van der Waals surface area contributed by atoms with Gasteiger partial charge in [-0.2, -0.15) is 5.26 Å². The van der Waals surface area contributed by atoms with Gasteiger partial charge in [0.1, 0.15) is 11.5 Å². The Morgan fingerprint density at radius 3 is 2.57 bits per heavy atom. The molecular weight excluding hydrogens is 194 g/mol. The van der Waals surface area contributed by atoms with E-state index in [0.717, 1.165) is 0 Å². The Bertz CT molecular complexity index is 271. The summed E-state index contributed by atoms with van der Waals surface area (Å²) in [7, 11) is 0. The van der Waals surface area contributed by atoms with Crippen LogP contribution in [0.4, 0.5) is 8.78 Å². The third kappa shape index (κ3) is 2.17. The molecule has 1 unspecified atom stereocenters. The van der Waals surface area contributed by atoms with Crippen molar-refractivity contribution in [1.29, 1.82) is 5.26 Å². The molecule has 0 saturated heterocycles. The van der Waals surface area contributed by atoms with Crippen LogP contribution in [-0.2, 0) is 4.79 Å². The molecular formula is C8H10F2N2O2. The zero-order valence-electron chi connectivity index (χ0n) is 7.33. The normalized spacial score (nSPS) is 19.9. The smallest absolute Gasteiger partial charge is 0.265 e. The van der Waals surface area contributed by atoms with E-state index in [2.05, 4.69) is 5.32 Å². The summed E-state index contributed by atoms with van der Waals surface area (Å²) in [5.41, 5.74) is -1.03. The van der Waals surface area contributed by atoms with Gasteiger partial charge in [0, 0.05) is 6.54 Å². The number of alkyl halides is 2. The third-order valence-electron chi connectivity index (χ3n) is 2.16. The Hall–Kier alpha value is -1.22. The number of hydrogen-bond donors (Lipinski definition) is 2. The second-order valence-electron chi connectivity index (χ2n) is 3.31. The van der Waals surface area contributed by atoms with Crippen molar-refractivity contribution in [3.8, 4) is 6.07 Å². The highest BCUT2D eigenvalue weighted by Crippen LogP contribution is 2.44. The lowest BCUT2D eigenvalue weighted by Gasteiger charge is -2.12. The van der Waals surface area contributed by atoms with Crippen LogP contribution in [0.25, 0.3) is 0 Å². The van der Waals surface area contributed by atoms with E-state index in [9.17, 15) is 13.6 Å². The number of aliphatic hydroxyl groups excluding tert-OH is 1. The number of nitrogens with one attached hydrogen (secondary N) is 1. The molecule has 1 fully saturated rings. The first-order valence-corrected chi connectivity index (χ1v) is 4.17. The van der Waals surface area contributed by atoms with Crippen molar-refractivity contribution in [1.82, 2.24) is 5.32 Å². The van der Waals surface area contributed by atoms with Gasteiger partial charge in [0.25, 0.3) is 6.43 Å². The summed E-state index contributed by atoms with van der Waals surface area (Å²) in [5, 5.41) is 19.4. The molecule has 0 spiro atoms. The van der Waals surface area contributed by atoms with Crippen molar-refractivity contribution in [3.05, 3.63) is 0 Å². The highest BCUT2D eigenvalue weighted by molar-refractivity contribution is 5.88. The van der Waals surface area contributed by atoms with Crippen molar-refractivity contribution in [3.63, 3.8) is 0 Å². The van der Waals surface area contributed by atoms with Crippen molar-refractivity contribution in [2.45, 2.75) is 25.4 Å². The molecule has 1 aliphatic rings. The van der Waals surface area contributed by atoms with Crippen molar-refractivity contribution >= 4 is 5.91 Å². The summed E-state index contributed by atoms with van der Waals surface area (Å²) >= 11 is 0. The van der Waals surface area contributed by atoms with Crippen LogP contribution in [0, 0.1) is 16.7 Å². The Balaban J connectivity index is 2.33. The number of halogens is 2. The van der Waals surface area contributed by atoms with E-state index in [1.54, 1.807) is 0 Å². The van der Waals surface area contributed by atoms with E-state index in [-0.39, 0.29) is 0 Å². The molecule has 0 aromatic rings. The Morgan fingerprint density at radius 1 is 1.64 bits per heavy atom. The molecule has 0 aromatic heterocycles. The first kappa shape index (κ1) is 10.9. The maximum atomic E-state index is 11.8. The fourth-order valence-corrected chi connectivity index (χ4v) is 0.970. The topological polar surface area (TPSA) is 73.1 Å². The molecule has 1 atom stereocenters. The quantitative estimate of drug-likeness (QED) is 0.678. The number of amides is 1. The molecule has 0 aromatic carbocycles. The van der Waals surface area contributed by atoms with Crippen LogP contribution < -0.4 is 5.32 Å². The lowest BCUT2D eigenvalue weighted by atomic mass is 10.1. The first-order chi connectivity index (χ1) is 6.52. The van der Waals surface area contributed by atoms with Crippen molar-refractivity contribution in [2.75, 3.05) is 6.54 Å². The summed E-state index contributed by atoms with van der Waals surface area (Å²) < 4.78 is 23.6. The van der Waals surface area contributed by atoms with Crippen LogP contribution in [0.3, 0.4) is 0 Å². The van der Waals surface area contributed by atoms with Gasteiger partial charge in [0.15, 0.2) is 0 Å². The van der Waals surface area contributed by atoms with E-state index < -0.39 is 30.4 Å². The van der Waals surface area contributed by atoms with Crippen LogP contribution in [0.1, 0.15) is 12.8 Å². The number of aliphatic hydroxyl groups is 1. The average molecular weight is 204 g/mol. The zero-order chi connectivity index (χ0) is 10.8. The van der Waals surface area contributed by atoms with Crippen molar-refractivity contribution in [2.24, 2.45) is 5.41 Å². The summed E-state index contributed by atoms with van der Waals surface area (Å²) in [6.45, 7) is -0.514. The van der Waals surface area contributed by atoms with Gasteiger partial charge in [-0.05, 0) is 12.8 Å². The molecule has 1 saturated carbocycles. The molecule has 2 N–H and O–H groups in total. The number of nitriles is 1. The minimum Gasteiger partial charge on any atom is -0.385 e. The number of nitrogens with zero attached hydrogens (tertiary/aromatic N) is 1. The van der Waals surface area contributed by atoms with Gasteiger partial charge in [-0.3, -0.25) is 4.79 Å². The SMILES string of the molecule is N#CC1(C(=O)NCC(O)C(F)F)CC1. The van der Waals surface area contributed by atoms with Crippen LogP contribution >= 0.6 is 0 Å². The third-order valence-corrected chi connectivity index (χ3v) is 2.16. The van der Waals surface area contributed by atoms with Gasteiger partial charge in [0.05, 0.1) is 6.07 Å². The van der Waals surface area contributed by atoms with E-state index in [0.29, 0.717) is 12.8 Å². The fourth-order valence-electron chi connectivity index (χ4n) is 0.970. The van der Waals surface area contributed by atoms with Gasteiger partial charge in [-0.1, -0.05) is 0 Å². The predicted octanol–water partition coefficient (Wildman–Crippen LogP) is 0.0324. The number of carbonyl (C=O) groups excluding carboxylic acids is 1. The first-order valence-electron chi connectivity index (χ1n) is 4.17. The zero-order valence-corrected chi connectivity index (χ0v) is 7.33. The molecule has 0 heterocycles. The lowest BCUT2D eigenvalue weighted by Crippen LogP contribution is -2.39. The molecule has 0 bridgehead atoms. The maximum Gasteiger partial charge on any atom is 0.265 e. The molecule has 1 amide bonds.